The lowest BCUT2D eigenvalue weighted by Gasteiger charge is -2.27. The van der Waals surface area contributed by atoms with Crippen LogP contribution in [0.4, 0.5) is 0 Å². The third kappa shape index (κ3) is 3.48. The van der Waals surface area contributed by atoms with Crippen LogP contribution in [0, 0.1) is 6.92 Å². The van der Waals surface area contributed by atoms with Gasteiger partial charge in [-0.05, 0) is 37.8 Å². The highest BCUT2D eigenvalue weighted by atomic mass is 35.5. The molecule has 3 N–H and O–H groups in total. The first kappa shape index (κ1) is 17.3. The van der Waals surface area contributed by atoms with E-state index in [0.29, 0.717) is 23.5 Å². The van der Waals surface area contributed by atoms with Gasteiger partial charge in [-0.2, -0.15) is 0 Å². The Balaban J connectivity index is 0.00000176. The molecule has 8 heteroatoms. The van der Waals surface area contributed by atoms with Crippen molar-refractivity contribution < 1.29 is 17.9 Å². The van der Waals surface area contributed by atoms with Gasteiger partial charge < -0.3 is 15.2 Å². The van der Waals surface area contributed by atoms with Crippen molar-refractivity contribution in [3.05, 3.63) is 17.7 Å². The minimum absolute atomic E-state index is 0. The Morgan fingerprint density at radius 2 is 1.91 bits per heavy atom. The van der Waals surface area contributed by atoms with Gasteiger partial charge >= 0.3 is 0 Å². The van der Waals surface area contributed by atoms with Crippen molar-refractivity contribution in [2.45, 2.75) is 49.6 Å². The van der Waals surface area contributed by atoms with Crippen LogP contribution in [-0.2, 0) is 10.0 Å². The standard InChI is InChI=1S/C14H20N2O4S.ClH/c1-9-5-12-13(20-8-19-12)7-14(9)21(17,18)16-11-4-2-3-10(15)6-11;/h5,7,10-11,16H,2-4,6,8,15H2,1H3;1H. The summed E-state index contributed by atoms with van der Waals surface area (Å²) in [4.78, 5) is 0.242. The third-order valence-corrected chi connectivity index (χ3v) is 5.66. The Bertz CT molecular complexity index is 650. The fraction of sp³-hybridized carbons (Fsp3) is 0.571. The van der Waals surface area contributed by atoms with Crippen molar-refractivity contribution in [2.75, 3.05) is 6.79 Å². The maximum Gasteiger partial charge on any atom is 0.241 e. The zero-order chi connectivity index (χ0) is 15.0. The van der Waals surface area contributed by atoms with E-state index in [2.05, 4.69) is 4.72 Å². The van der Waals surface area contributed by atoms with E-state index in [1.807, 2.05) is 0 Å². The Morgan fingerprint density at radius 1 is 1.23 bits per heavy atom. The molecule has 2 aliphatic rings. The monoisotopic (exact) mass is 348 g/mol. The second-order valence-electron chi connectivity index (χ2n) is 5.72. The minimum atomic E-state index is -3.58. The van der Waals surface area contributed by atoms with Crippen LogP contribution >= 0.6 is 12.4 Å². The molecule has 124 valence electrons. The number of fused-ring (bicyclic) bond motifs is 1. The van der Waals surface area contributed by atoms with Gasteiger partial charge in [-0.3, -0.25) is 0 Å². The van der Waals surface area contributed by atoms with Gasteiger partial charge in [0.2, 0.25) is 16.8 Å². The summed E-state index contributed by atoms with van der Waals surface area (Å²) in [6, 6.07) is 3.21. The molecule has 2 unspecified atom stereocenters. The molecule has 1 aliphatic carbocycles. The van der Waals surface area contributed by atoms with Crippen LogP contribution in [0.3, 0.4) is 0 Å². The number of halogens is 1. The van der Waals surface area contributed by atoms with E-state index >= 15 is 0 Å². The van der Waals surface area contributed by atoms with Gasteiger partial charge in [-0.15, -0.1) is 12.4 Å². The highest BCUT2D eigenvalue weighted by Crippen LogP contribution is 2.36. The number of benzene rings is 1. The van der Waals surface area contributed by atoms with Gasteiger partial charge in [0.15, 0.2) is 11.5 Å². The summed E-state index contributed by atoms with van der Waals surface area (Å²) in [5.41, 5.74) is 6.56. The zero-order valence-corrected chi connectivity index (χ0v) is 14.0. The second-order valence-corrected chi connectivity index (χ2v) is 7.40. The van der Waals surface area contributed by atoms with Gasteiger partial charge in [-0.1, -0.05) is 6.42 Å². The number of hydrogen-bond acceptors (Lipinski definition) is 5. The Morgan fingerprint density at radius 3 is 2.59 bits per heavy atom. The summed E-state index contributed by atoms with van der Waals surface area (Å²) >= 11 is 0. The maximum absolute atomic E-state index is 12.6. The first-order chi connectivity index (χ1) is 9.95. The van der Waals surface area contributed by atoms with Gasteiger partial charge in [0.05, 0.1) is 4.90 Å². The normalized spacial score (nSPS) is 23.9. The quantitative estimate of drug-likeness (QED) is 0.867. The largest absolute Gasteiger partial charge is 0.454 e. The molecule has 0 bridgehead atoms. The van der Waals surface area contributed by atoms with E-state index < -0.39 is 10.0 Å². The van der Waals surface area contributed by atoms with Crippen LogP contribution in [-0.4, -0.2) is 27.3 Å². The van der Waals surface area contributed by atoms with E-state index in [0.717, 1.165) is 19.3 Å². The molecule has 0 saturated heterocycles. The van der Waals surface area contributed by atoms with Gasteiger partial charge in [-0.25, -0.2) is 13.1 Å². The predicted molar refractivity (Wildman–Crippen MR) is 85.1 cm³/mol. The molecule has 0 aromatic heterocycles. The van der Waals surface area contributed by atoms with Crippen LogP contribution in [0.1, 0.15) is 31.2 Å². The SMILES string of the molecule is Cc1cc2c(cc1S(=O)(=O)NC1CCCC(N)C1)OCO2.Cl. The fourth-order valence-corrected chi connectivity index (χ4v) is 4.46. The van der Waals surface area contributed by atoms with Gasteiger partial charge in [0, 0.05) is 18.2 Å². The Hall–Kier alpha value is -1.02. The molecule has 6 nitrogen and oxygen atoms in total. The molecule has 1 fully saturated rings. The van der Waals surface area contributed by atoms with Crippen molar-refractivity contribution in [1.82, 2.24) is 4.72 Å². The molecule has 2 atom stereocenters. The summed E-state index contributed by atoms with van der Waals surface area (Å²) < 4.78 is 38.4. The minimum Gasteiger partial charge on any atom is -0.454 e. The molecule has 1 saturated carbocycles. The molecule has 1 aromatic carbocycles. The number of nitrogens with two attached hydrogens (primary N) is 1. The molecule has 22 heavy (non-hydrogen) atoms. The first-order valence-electron chi connectivity index (χ1n) is 7.14. The second kappa shape index (κ2) is 6.62. The van der Waals surface area contributed by atoms with E-state index in [4.69, 9.17) is 15.2 Å². The lowest BCUT2D eigenvalue weighted by atomic mass is 9.92. The summed E-state index contributed by atoms with van der Waals surface area (Å²) in [5.74, 6) is 1.06. The smallest absolute Gasteiger partial charge is 0.241 e. The lowest BCUT2D eigenvalue weighted by molar-refractivity contribution is 0.174. The summed E-state index contributed by atoms with van der Waals surface area (Å²) in [5, 5.41) is 0. The van der Waals surface area contributed by atoms with Crippen LogP contribution < -0.4 is 19.9 Å². The molecular formula is C14H21ClN2O4S. The molecule has 1 aromatic rings. The maximum atomic E-state index is 12.6. The van der Waals surface area contributed by atoms with Crippen LogP contribution in [0.15, 0.2) is 17.0 Å². The summed E-state index contributed by atoms with van der Waals surface area (Å²) in [7, 11) is -3.58. The van der Waals surface area contributed by atoms with Crippen molar-refractivity contribution in [3.63, 3.8) is 0 Å². The Labute approximate surface area is 136 Å². The number of rotatable bonds is 3. The van der Waals surface area contributed by atoms with Gasteiger partial charge in [0.25, 0.3) is 0 Å². The molecule has 3 rings (SSSR count). The van der Waals surface area contributed by atoms with Crippen molar-refractivity contribution in [3.8, 4) is 11.5 Å². The number of hydrogen-bond donors (Lipinski definition) is 2. The molecule has 0 spiro atoms. The Kier molecular flexibility index (Phi) is 5.21. The molecule has 1 aliphatic heterocycles. The van der Waals surface area contributed by atoms with Crippen LogP contribution in [0.25, 0.3) is 0 Å². The van der Waals surface area contributed by atoms with E-state index in [-0.39, 0.29) is 36.2 Å². The highest BCUT2D eigenvalue weighted by Gasteiger charge is 2.28. The average molecular weight is 349 g/mol. The fourth-order valence-electron chi connectivity index (χ4n) is 2.93. The van der Waals surface area contributed by atoms with Crippen LogP contribution in [0.5, 0.6) is 11.5 Å². The van der Waals surface area contributed by atoms with Crippen molar-refractivity contribution in [2.24, 2.45) is 5.73 Å². The number of nitrogens with one attached hydrogen (secondary N) is 1. The molecule has 0 amide bonds. The lowest BCUT2D eigenvalue weighted by Crippen LogP contribution is -2.42. The van der Waals surface area contributed by atoms with Crippen LogP contribution in [0.2, 0.25) is 0 Å². The summed E-state index contributed by atoms with van der Waals surface area (Å²) in [6.45, 7) is 1.88. The van der Waals surface area contributed by atoms with Gasteiger partial charge in [0.1, 0.15) is 0 Å². The molecular weight excluding hydrogens is 328 g/mol. The average Bonchev–Trinajstić information content (AvgIpc) is 2.84. The van der Waals surface area contributed by atoms with Crippen molar-refractivity contribution in [1.29, 1.82) is 0 Å². The zero-order valence-electron chi connectivity index (χ0n) is 12.4. The highest BCUT2D eigenvalue weighted by molar-refractivity contribution is 7.89. The first-order valence-corrected chi connectivity index (χ1v) is 8.62. The van der Waals surface area contributed by atoms with Crippen molar-refractivity contribution >= 4 is 22.4 Å². The molecule has 0 radical (unpaired) electrons. The topological polar surface area (TPSA) is 90.7 Å². The van der Waals surface area contributed by atoms with E-state index in [1.165, 1.54) is 6.07 Å². The molecule has 1 heterocycles. The summed E-state index contributed by atoms with van der Waals surface area (Å²) in [6.07, 6.45) is 3.43. The van der Waals surface area contributed by atoms with E-state index in [1.54, 1.807) is 13.0 Å². The number of ether oxygens (including phenoxy) is 2. The third-order valence-electron chi connectivity index (χ3n) is 4.00. The number of sulfonamides is 1. The predicted octanol–water partition coefficient (Wildman–Crippen LogP) is 1.69. The van der Waals surface area contributed by atoms with E-state index in [9.17, 15) is 8.42 Å². The number of aryl methyl sites for hydroxylation is 1.